The highest BCUT2D eigenvalue weighted by molar-refractivity contribution is 6.30. The van der Waals surface area contributed by atoms with Crippen LogP contribution in [0.3, 0.4) is 0 Å². The van der Waals surface area contributed by atoms with Crippen molar-refractivity contribution >= 4 is 11.6 Å². The van der Waals surface area contributed by atoms with E-state index in [0.717, 1.165) is 0 Å². The Kier molecular flexibility index (Phi) is 2.80. The molecule has 1 aromatic carbocycles. The number of halogens is 2. The highest BCUT2D eigenvalue weighted by Gasteiger charge is 2.08. The van der Waals surface area contributed by atoms with Gasteiger partial charge in [-0.3, -0.25) is 0 Å². The van der Waals surface area contributed by atoms with Gasteiger partial charge in [0.2, 0.25) is 0 Å². The summed E-state index contributed by atoms with van der Waals surface area (Å²) >= 11 is 5.63. The first-order chi connectivity index (χ1) is 7.70. The Morgan fingerprint density at radius 2 is 2.12 bits per heavy atom. The molecule has 0 aliphatic heterocycles. The van der Waals surface area contributed by atoms with Gasteiger partial charge in [0.25, 0.3) is 0 Å². The molecule has 0 aliphatic carbocycles. The van der Waals surface area contributed by atoms with Gasteiger partial charge >= 0.3 is 0 Å². The summed E-state index contributed by atoms with van der Waals surface area (Å²) in [5.41, 5.74) is 0.417. The van der Waals surface area contributed by atoms with Crippen molar-refractivity contribution in [3.63, 3.8) is 0 Å². The van der Waals surface area contributed by atoms with Gasteiger partial charge in [0.05, 0.1) is 5.56 Å². The van der Waals surface area contributed by atoms with E-state index in [1.165, 1.54) is 24.4 Å². The quantitative estimate of drug-likeness (QED) is 0.761. The Morgan fingerprint density at radius 3 is 2.81 bits per heavy atom. The fraction of sp³-hybridized carbons (Fsp3) is 0. The van der Waals surface area contributed by atoms with Crippen molar-refractivity contribution in [2.75, 3.05) is 0 Å². The molecule has 3 nitrogen and oxygen atoms in total. The van der Waals surface area contributed by atoms with Crippen LogP contribution in [0.2, 0.25) is 5.02 Å². The third kappa shape index (κ3) is 2.00. The van der Waals surface area contributed by atoms with Crippen LogP contribution in [0.15, 0.2) is 30.5 Å². The summed E-state index contributed by atoms with van der Waals surface area (Å²) in [4.78, 5) is 7.80. The number of hydrogen-bond acceptors (Lipinski definition) is 3. The van der Waals surface area contributed by atoms with Crippen molar-refractivity contribution < 1.29 is 4.39 Å². The first kappa shape index (κ1) is 10.5. The third-order valence-corrected chi connectivity index (χ3v) is 2.18. The summed E-state index contributed by atoms with van der Waals surface area (Å²) < 4.78 is 13.5. The molecule has 0 saturated heterocycles. The van der Waals surface area contributed by atoms with Gasteiger partial charge in [0.1, 0.15) is 17.6 Å². The predicted octanol–water partition coefficient (Wildman–Crippen LogP) is 2.81. The zero-order chi connectivity index (χ0) is 11.5. The molecular formula is C11H5ClFN3. The largest absolute Gasteiger partial charge is 0.236 e. The van der Waals surface area contributed by atoms with Gasteiger partial charge in [0.15, 0.2) is 5.82 Å². The van der Waals surface area contributed by atoms with Crippen LogP contribution in [-0.2, 0) is 0 Å². The average molecular weight is 234 g/mol. The lowest BCUT2D eigenvalue weighted by Crippen LogP contribution is -1.93. The lowest BCUT2D eigenvalue weighted by molar-refractivity contribution is 0.630. The molecule has 0 unspecified atom stereocenters. The van der Waals surface area contributed by atoms with Gasteiger partial charge in [-0.25, -0.2) is 14.4 Å². The van der Waals surface area contributed by atoms with Gasteiger partial charge in [-0.15, -0.1) is 0 Å². The summed E-state index contributed by atoms with van der Waals surface area (Å²) in [7, 11) is 0. The zero-order valence-corrected chi connectivity index (χ0v) is 8.74. The number of hydrogen-bond donors (Lipinski definition) is 0. The van der Waals surface area contributed by atoms with E-state index < -0.39 is 5.82 Å². The number of nitriles is 1. The summed E-state index contributed by atoms with van der Waals surface area (Å²) in [5.74, 6) is -0.337. The molecule has 5 heteroatoms. The molecule has 16 heavy (non-hydrogen) atoms. The van der Waals surface area contributed by atoms with Crippen LogP contribution in [0.4, 0.5) is 4.39 Å². The topological polar surface area (TPSA) is 49.6 Å². The van der Waals surface area contributed by atoms with Crippen LogP contribution in [-0.4, -0.2) is 9.97 Å². The molecule has 0 spiro atoms. The molecule has 0 saturated carbocycles. The van der Waals surface area contributed by atoms with Crippen molar-refractivity contribution in [3.05, 3.63) is 47.0 Å². The summed E-state index contributed by atoms with van der Waals surface area (Å²) in [6, 6.07) is 7.53. The standard InChI is InChI=1S/C11H5ClFN3/c12-7-1-2-9(10(13)5-7)11-15-4-3-8(6-14)16-11/h1-5H. The Balaban J connectivity index is 2.55. The van der Waals surface area contributed by atoms with Crippen molar-refractivity contribution in [1.29, 1.82) is 5.26 Å². The van der Waals surface area contributed by atoms with E-state index in [4.69, 9.17) is 16.9 Å². The first-order valence-electron chi connectivity index (χ1n) is 4.39. The monoisotopic (exact) mass is 233 g/mol. The predicted molar refractivity (Wildman–Crippen MR) is 57.2 cm³/mol. The molecule has 0 amide bonds. The van der Waals surface area contributed by atoms with E-state index in [0.29, 0.717) is 5.02 Å². The number of benzene rings is 1. The van der Waals surface area contributed by atoms with Gasteiger partial charge in [-0.2, -0.15) is 5.26 Å². The highest BCUT2D eigenvalue weighted by Crippen LogP contribution is 2.22. The second-order valence-corrected chi connectivity index (χ2v) is 3.44. The summed E-state index contributed by atoms with van der Waals surface area (Å²) in [5, 5.41) is 8.97. The maximum Gasteiger partial charge on any atom is 0.163 e. The number of nitrogens with zero attached hydrogens (tertiary/aromatic N) is 3. The Morgan fingerprint density at radius 1 is 1.31 bits per heavy atom. The fourth-order valence-corrected chi connectivity index (χ4v) is 1.38. The van der Waals surface area contributed by atoms with Gasteiger partial charge < -0.3 is 0 Å². The maximum absolute atomic E-state index is 13.5. The van der Waals surface area contributed by atoms with E-state index in [-0.39, 0.29) is 17.1 Å². The van der Waals surface area contributed by atoms with Crippen LogP contribution in [0.5, 0.6) is 0 Å². The minimum Gasteiger partial charge on any atom is -0.236 e. The molecule has 0 aliphatic rings. The fourth-order valence-electron chi connectivity index (χ4n) is 1.22. The number of aromatic nitrogens is 2. The molecule has 2 rings (SSSR count). The molecule has 2 aromatic rings. The Hall–Kier alpha value is -1.99. The van der Waals surface area contributed by atoms with Gasteiger partial charge in [-0.05, 0) is 24.3 Å². The van der Waals surface area contributed by atoms with Crippen LogP contribution in [0.1, 0.15) is 5.69 Å². The van der Waals surface area contributed by atoms with Crippen LogP contribution in [0.25, 0.3) is 11.4 Å². The molecular weight excluding hydrogens is 229 g/mol. The van der Waals surface area contributed by atoms with Crippen molar-refractivity contribution in [1.82, 2.24) is 9.97 Å². The second kappa shape index (κ2) is 4.25. The normalized spacial score (nSPS) is 9.81. The minimum absolute atomic E-state index is 0.174. The Labute approximate surface area is 96.2 Å². The van der Waals surface area contributed by atoms with E-state index in [1.54, 1.807) is 6.07 Å². The highest BCUT2D eigenvalue weighted by atomic mass is 35.5. The van der Waals surface area contributed by atoms with Crippen molar-refractivity contribution in [2.24, 2.45) is 0 Å². The molecule has 0 fully saturated rings. The third-order valence-electron chi connectivity index (χ3n) is 1.94. The SMILES string of the molecule is N#Cc1ccnc(-c2ccc(Cl)cc2F)n1. The van der Waals surface area contributed by atoms with Crippen LogP contribution in [0, 0.1) is 17.1 Å². The second-order valence-electron chi connectivity index (χ2n) is 3.00. The smallest absolute Gasteiger partial charge is 0.163 e. The number of rotatable bonds is 1. The minimum atomic E-state index is -0.511. The zero-order valence-electron chi connectivity index (χ0n) is 7.98. The van der Waals surface area contributed by atoms with E-state index in [1.807, 2.05) is 6.07 Å². The lowest BCUT2D eigenvalue weighted by Gasteiger charge is -2.01. The van der Waals surface area contributed by atoms with Crippen molar-refractivity contribution in [3.8, 4) is 17.5 Å². The van der Waals surface area contributed by atoms with E-state index in [9.17, 15) is 4.39 Å². The van der Waals surface area contributed by atoms with Gasteiger partial charge in [-0.1, -0.05) is 11.6 Å². The summed E-state index contributed by atoms with van der Waals surface area (Å²) in [6.45, 7) is 0. The molecule has 0 bridgehead atoms. The molecule has 1 heterocycles. The molecule has 1 aromatic heterocycles. The van der Waals surface area contributed by atoms with E-state index in [2.05, 4.69) is 9.97 Å². The molecule has 0 atom stereocenters. The van der Waals surface area contributed by atoms with Gasteiger partial charge in [0, 0.05) is 11.2 Å². The van der Waals surface area contributed by atoms with Crippen LogP contribution >= 0.6 is 11.6 Å². The molecule has 0 N–H and O–H groups in total. The molecule has 78 valence electrons. The van der Waals surface area contributed by atoms with Crippen molar-refractivity contribution in [2.45, 2.75) is 0 Å². The van der Waals surface area contributed by atoms with Crippen LogP contribution < -0.4 is 0 Å². The van der Waals surface area contributed by atoms with E-state index >= 15 is 0 Å². The Bertz CT molecular complexity index is 578. The molecule has 0 radical (unpaired) electrons. The first-order valence-corrected chi connectivity index (χ1v) is 4.77. The summed E-state index contributed by atoms with van der Waals surface area (Å²) in [6.07, 6.45) is 1.41. The lowest BCUT2D eigenvalue weighted by atomic mass is 10.2. The maximum atomic E-state index is 13.5. The average Bonchev–Trinajstić information content (AvgIpc) is 2.29.